The largest absolute Gasteiger partial charge is 0.493 e. The normalized spacial score (nSPS) is 13.2. The maximum Gasteiger partial charge on any atom is 0.303 e. The maximum absolute atomic E-state index is 15.2. The van der Waals surface area contributed by atoms with Crippen LogP contribution in [0.25, 0.3) is 10.9 Å². The number of hydrogen-bond donors (Lipinski definition) is 2. The highest BCUT2D eigenvalue weighted by molar-refractivity contribution is 5.94. The molecule has 6 nitrogen and oxygen atoms in total. The topological polar surface area (TPSA) is 76.5 Å². The van der Waals surface area contributed by atoms with Crippen molar-refractivity contribution in [1.29, 1.82) is 0 Å². The molecule has 0 aliphatic rings. The Hall–Kier alpha value is -3.07. The van der Waals surface area contributed by atoms with Crippen molar-refractivity contribution in [1.82, 2.24) is 9.97 Å². The molecule has 9 heteroatoms. The molecule has 0 bridgehead atoms. The number of fused-ring (bicyclic) bond motifs is 1. The molecule has 0 spiro atoms. The van der Waals surface area contributed by atoms with Crippen molar-refractivity contribution in [3.8, 4) is 11.5 Å². The van der Waals surface area contributed by atoms with Crippen molar-refractivity contribution in [3.05, 3.63) is 52.6 Å². The Balaban J connectivity index is 2.11. The molecule has 2 N–H and O–H groups in total. The van der Waals surface area contributed by atoms with Gasteiger partial charge in [-0.2, -0.15) is 8.78 Å². The predicted octanol–water partition coefficient (Wildman–Crippen LogP) is 5.44. The van der Waals surface area contributed by atoms with Crippen LogP contribution in [0.3, 0.4) is 0 Å². The van der Waals surface area contributed by atoms with Gasteiger partial charge < -0.3 is 19.9 Å². The number of alkyl halides is 2. The lowest BCUT2D eigenvalue weighted by atomic mass is 9.91. The summed E-state index contributed by atoms with van der Waals surface area (Å²) >= 11 is 0. The number of aliphatic hydroxyl groups is 1. The zero-order valence-corrected chi connectivity index (χ0v) is 19.7. The number of benzene rings is 2. The smallest absolute Gasteiger partial charge is 0.303 e. The van der Waals surface area contributed by atoms with Crippen LogP contribution in [0.4, 0.5) is 19.0 Å². The van der Waals surface area contributed by atoms with Crippen LogP contribution in [0.5, 0.6) is 11.5 Å². The second-order valence-electron chi connectivity index (χ2n) is 8.46. The van der Waals surface area contributed by atoms with E-state index in [-0.39, 0.29) is 5.56 Å². The molecule has 0 saturated heterocycles. The Kier molecular flexibility index (Phi) is 6.48. The van der Waals surface area contributed by atoms with Gasteiger partial charge in [0, 0.05) is 16.5 Å². The number of aromatic nitrogens is 2. The van der Waals surface area contributed by atoms with Crippen LogP contribution in [-0.2, 0) is 5.92 Å². The molecule has 2 aromatic carbocycles. The van der Waals surface area contributed by atoms with Crippen LogP contribution >= 0.6 is 0 Å². The summed E-state index contributed by atoms with van der Waals surface area (Å²) in [5, 5.41) is 13.6. The minimum absolute atomic E-state index is 0.0121. The molecule has 3 rings (SSSR count). The highest BCUT2D eigenvalue weighted by Crippen LogP contribution is 2.42. The van der Waals surface area contributed by atoms with Crippen LogP contribution in [0, 0.1) is 19.7 Å². The molecule has 0 unspecified atom stereocenters. The number of nitrogens with one attached hydrogen (secondary N) is 1. The van der Waals surface area contributed by atoms with Gasteiger partial charge in [0.05, 0.1) is 31.3 Å². The Bertz CT molecular complexity index is 1190. The number of nitrogens with zero attached hydrogens (tertiary/aromatic N) is 2. The lowest BCUT2D eigenvalue weighted by molar-refractivity contribution is -0.170. The second-order valence-corrected chi connectivity index (χ2v) is 8.46. The summed E-state index contributed by atoms with van der Waals surface area (Å²) in [6.07, 6.45) is 0. The highest BCUT2D eigenvalue weighted by atomic mass is 19.3. The van der Waals surface area contributed by atoms with E-state index in [1.807, 2.05) is 6.92 Å². The van der Waals surface area contributed by atoms with Gasteiger partial charge in [-0.05, 0) is 46.8 Å². The summed E-state index contributed by atoms with van der Waals surface area (Å²) in [5.41, 5.74) is -1.93. The molecule has 3 aromatic rings. The van der Waals surface area contributed by atoms with Gasteiger partial charge in [0.1, 0.15) is 23.1 Å². The van der Waals surface area contributed by atoms with Crippen LogP contribution in [0.1, 0.15) is 49.3 Å². The predicted molar refractivity (Wildman–Crippen MR) is 121 cm³/mol. The lowest BCUT2D eigenvalue weighted by Gasteiger charge is -2.30. The summed E-state index contributed by atoms with van der Waals surface area (Å²) in [6, 6.07) is 4.72. The zero-order chi connectivity index (χ0) is 24.7. The first-order valence-electron chi connectivity index (χ1n) is 10.4. The Morgan fingerprint density at radius 2 is 1.76 bits per heavy atom. The molecule has 1 atom stereocenters. The lowest BCUT2D eigenvalue weighted by Crippen LogP contribution is -2.41. The van der Waals surface area contributed by atoms with E-state index in [9.17, 15) is 13.9 Å². The molecule has 0 amide bonds. The molecule has 0 radical (unpaired) electrons. The van der Waals surface area contributed by atoms with Crippen molar-refractivity contribution >= 4 is 16.7 Å². The van der Waals surface area contributed by atoms with Crippen LogP contribution in [-0.4, -0.2) is 34.9 Å². The van der Waals surface area contributed by atoms with Crippen molar-refractivity contribution in [2.75, 3.05) is 19.5 Å². The fraction of sp³-hybridized carbons (Fsp3) is 0.417. The first-order chi connectivity index (χ1) is 15.3. The van der Waals surface area contributed by atoms with Gasteiger partial charge in [-0.25, -0.2) is 14.4 Å². The van der Waals surface area contributed by atoms with Crippen molar-refractivity contribution in [2.24, 2.45) is 0 Å². The fourth-order valence-corrected chi connectivity index (χ4v) is 3.75. The quantitative estimate of drug-likeness (QED) is 0.486. The Morgan fingerprint density at radius 1 is 1.09 bits per heavy atom. The van der Waals surface area contributed by atoms with E-state index >= 15 is 4.39 Å². The van der Waals surface area contributed by atoms with Gasteiger partial charge in [-0.1, -0.05) is 12.1 Å². The fourth-order valence-electron chi connectivity index (χ4n) is 3.75. The molecule has 0 aliphatic carbocycles. The van der Waals surface area contributed by atoms with E-state index in [1.165, 1.54) is 26.4 Å². The monoisotopic (exact) mass is 463 g/mol. The SMILES string of the molecule is COc1cc2c(N[C@H](C)c3cccc(C(F)(F)C(C)(C)O)c3F)nc(C)nc2c(C)c1OC. The standard InChI is InChI=1S/C24H28F3N3O3/c1-12-20-16(11-18(32-6)21(12)33-7)22(30-14(3)29-20)28-13(2)15-9-8-10-17(19(15)25)24(26,27)23(4,5)31/h8-11,13,31H,1-7H3,(H,28,29,30)/t13-/m1/s1. The minimum Gasteiger partial charge on any atom is -0.493 e. The second kappa shape index (κ2) is 8.70. The molecule has 178 valence electrons. The molecule has 1 heterocycles. The molecular formula is C24H28F3N3O3. The third kappa shape index (κ3) is 4.29. The van der Waals surface area contributed by atoms with Gasteiger partial charge in [0.25, 0.3) is 0 Å². The van der Waals surface area contributed by atoms with Crippen molar-refractivity contribution in [2.45, 2.75) is 52.2 Å². The van der Waals surface area contributed by atoms with E-state index < -0.39 is 28.9 Å². The Morgan fingerprint density at radius 3 is 2.33 bits per heavy atom. The minimum atomic E-state index is -3.79. The van der Waals surface area contributed by atoms with Crippen LogP contribution < -0.4 is 14.8 Å². The third-order valence-electron chi connectivity index (χ3n) is 5.63. The van der Waals surface area contributed by atoms with Crippen LogP contribution in [0.15, 0.2) is 24.3 Å². The van der Waals surface area contributed by atoms with Gasteiger partial charge in [0.2, 0.25) is 0 Å². The number of ether oxygens (including phenoxy) is 2. The number of halogens is 3. The highest BCUT2D eigenvalue weighted by Gasteiger charge is 2.49. The van der Waals surface area contributed by atoms with E-state index in [0.717, 1.165) is 25.5 Å². The van der Waals surface area contributed by atoms with E-state index in [0.29, 0.717) is 34.0 Å². The molecular weight excluding hydrogens is 435 g/mol. The van der Waals surface area contributed by atoms with Gasteiger partial charge >= 0.3 is 5.92 Å². The van der Waals surface area contributed by atoms with Crippen molar-refractivity contribution in [3.63, 3.8) is 0 Å². The third-order valence-corrected chi connectivity index (χ3v) is 5.63. The summed E-state index contributed by atoms with van der Waals surface area (Å²) < 4.78 is 55.5. The van der Waals surface area contributed by atoms with E-state index in [1.54, 1.807) is 19.9 Å². The molecule has 0 fully saturated rings. The van der Waals surface area contributed by atoms with Gasteiger partial charge in [0.15, 0.2) is 11.5 Å². The number of aryl methyl sites for hydroxylation is 2. The number of hydrogen-bond acceptors (Lipinski definition) is 6. The number of anilines is 1. The maximum atomic E-state index is 15.2. The average molecular weight is 464 g/mol. The first-order valence-corrected chi connectivity index (χ1v) is 10.4. The number of methoxy groups -OCH3 is 2. The molecule has 1 aromatic heterocycles. The Labute approximate surface area is 190 Å². The summed E-state index contributed by atoms with van der Waals surface area (Å²) in [6.45, 7) is 7.09. The molecule has 0 saturated carbocycles. The van der Waals surface area contributed by atoms with E-state index in [2.05, 4.69) is 15.3 Å². The number of rotatable bonds is 7. The zero-order valence-electron chi connectivity index (χ0n) is 19.7. The molecule has 33 heavy (non-hydrogen) atoms. The van der Waals surface area contributed by atoms with Gasteiger partial charge in [-0.15, -0.1) is 0 Å². The summed E-state index contributed by atoms with van der Waals surface area (Å²) in [4.78, 5) is 8.95. The van der Waals surface area contributed by atoms with E-state index in [4.69, 9.17) is 9.47 Å². The summed E-state index contributed by atoms with van der Waals surface area (Å²) in [5.74, 6) is -3.00. The molecule has 0 aliphatic heterocycles. The average Bonchev–Trinajstić information content (AvgIpc) is 2.73. The summed E-state index contributed by atoms with van der Waals surface area (Å²) in [7, 11) is 3.04. The van der Waals surface area contributed by atoms with Crippen LogP contribution in [0.2, 0.25) is 0 Å². The first kappa shape index (κ1) is 24.6. The van der Waals surface area contributed by atoms with Crippen molar-refractivity contribution < 1.29 is 27.8 Å². The van der Waals surface area contributed by atoms with Gasteiger partial charge in [-0.3, -0.25) is 0 Å².